The van der Waals surface area contributed by atoms with Crippen LogP contribution < -0.4 is 5.32 Å². The number of benzene rings is 1. The van der Waals surface area contributed by atoms with Gasteiger partial charge in [0.05, 0.1) is 25.9 Å². The second-order valence-electron chi connectivity index (χ2n) is 3.99. The van der Waals surface area contributed by atoms with E-state index < -0.39 is 0 Å². The molecule has 1 atom stereocenters. The molecular formula is C14H23NO2. The number of hydrogen-bond donors (Lipinski definition) is 1. The van der Waals surface area contributed by atoms with E-state index in [0.29, 0.717) is 19.8 Å². The zero-order chi connectivity index (χ0) is 12.3. The van der Waals surface area contributed by atoms with E-state index in [1.807, 2.05) is 6.07 Å². The molecule has 0 aliphatic carbocycles. The molecule has 96 valence electrons. The first-order valence-electron chi connectivity index (χ1n) is 6.23. The minimum absolute atomic E-state index is 0.271. The minimum atomic E-state index is 0.271. The molecule has 0 fully saturated rings. The predicted octanol–water partition coefficient (Wildman–Crippen LogP) is 2.39. The Balaban J connectivity index is 2.43. The molecule has 0 saturated carbocycles. The zero-order valence-electron chi connectivity index (χ0n) is 10.8. The fourth-order valence-corrected chi connectivity index (χ4v) is 1.62. The van der Waals surface area contributed by atoms with E-state index in [9.17, 15) is 0 Å². The molecule has 1 N–H and O–H groups in total. The average molecular weight is 237 g/mol. The van der Waals surface area contributed by atoms with Gasteiger partial charge in [-0.15, -0.1) is 0 Å². The van der Waals surface area contributed by atoms with E-state index in [1.54, 1.807) is 7.11 Å². The van der Waals surface area contributed by atoms with E-state index in [2.05, 4.69) is 36.5 Å². The zero-order valence-corrected chi connectivity index (χ0v) is 10.8. The van der Waals surface area contributed by atoms with Crippen LogP contribution in [0.2, 0.25) is 0 Å². The molecule has 0 saturated heterocycles. The van der Waals surface area contributed by atoms with Crippen LogP contribution in [0.1, 0.15) is 24.9 Å². The number of methoxy groups -OCH3 is 1. The lowest BCUT2D eigenvalue weighted by Gasteiger charge is -2.19. The third-order valence-corrected chi connectivity index (χ3v) is 2.56. The van der Waals surface area contributed by atoms with Crippen LogP contribution >= 0.6 is 0 Å². The molecule has 0 heterocycles. The Bertz CT molecular complexity index is 277. The maximum atomic E-state index is 5.60. The lowest BCUT2D eigenvalue weighted by atomic mass is 10.1. The molecule has 0 aliphatic heterocycles. The first kappa shape index (κ1) is 14.2. The van der Waals surface area contributed by atoms with Crippen LogP contribution in [-0.4, -0.2) is 33.5 Å². The van der Waals surface area contributed by atoms with E-state index in [0.717, 1.165) is 13.0 Å². The largest absolute Gasteiger partial charge is 0.382 e. The lowest BCUT2D eigenvalue weighted by molar-refractivity contribution is 0.0586. The number of ether oxygens (including phenoxy) is 2. The first-order chi connectivity index (χ1) is 8.38. The van der Waals surface area contributed by atoms with Gasteiger partial charge in [-0.25, -0.2) is 0 Å². The number of hydrogen-bond acceptors (Lipinski definition) is 3. The summed E-state index contributed by atoms with van der Waals surface area (Å²) in [7, 11) is 1.69. The smallest absolute Gasteiger partial charge is 0.0701 e. The third kappa shape index (κ3) is 5.82. The maximum absolute atomic E-state index is 5.60. The molecule has 0 spiro atoms. The van der Waals surface area contributed by atoms with Crippen molar-refractivity contribution in [3.8, 4) is 0 Å². The van der Waals surface area contributed by atoms with Crippen molar-refractivity contribution in [3.63, 3.8) is 0 Å². The Hall–Kier alpha value is -0.900. The summed E-state index contributed by atoms with van der Waals surface area (Å²) >= 11 is 0. The minimum Gasteiger partial charge on any atom is -0.382 e. The molecular weight excluding hydrogens is 214 g/mol. The molecule has 3 nitrogen and oxygen atoms in total. The van der Waals surface area contributed by atoms with Gasteiger partial charge >= 0.3 is 0 Å². The van der Waals surface area contributed by atoms with E-state index in [1.165, 1.54) is 5.56 Å². The molecule has 1 aromatic rings. The Morgan fingerprint density at radius 3 is 2.59 bits per heavy atom. The summed E-state index contributed by atoms with van der Waals surface area (Å²) in [4.78, 5) is 0. The predicted molar refractivity (Wildman–Crippen MR) is 70.2 cm³/mol. The van der Waals surface area contributed by atoms with Gasteiger partial charge in [0, 0.05) is 7.11 Å². The molecule has 0 radical (unpaired) electrons. The third-order valence-electron chi connectivity index (χ3n) is 2.56. The van der Waals surface area contributed by atoms with Gasteiger partial charge in [0.15, 0.2) is 0 Å². The monoisotopic (exact) mass is 237 g/mol. The summed E-state index contributed by atoms with van der Waals surface area (Å²) in [6.07, 6.45) is 1.13. The summed E-state index contributed by atoms with van der Waals surface area (Å²) in [6, 6.07) is 10.7. The van der Waals surface area contributed by atoms with Crippen molar-refractivity contribution in [1.82, 2.24) is 5.32 Å². The Morgan fingerprint density at radius 2 is 1.94 bits per heavy atom. The Labute approximate surface area is 104 Å². The van der Waals surface area contributed by atoms with Gasteiger partial charge in [-0.2, -0.15) is 0 Å². The van der Waals surface area contributed by atoms with Crippen LogP contribution in [0.4, 0.5) is 0 Å². The van der Waals surface area contributed by atoms with Crippen molar-refractivity contribution in [3.05, 3.63) is 35.9 Å². The molecule has 0 amide bonds. The molecule has 0 aromatic heterocycles. The number of nitrogens with one attached hydrogen (secondary N) is 1. The van der Waals surface area contributed by atoms with Crippen molar-refractivity contribution in [1.29, 1.82) is 0 Å². The molecule has 0 aliphatic rings. The summed E-state index contributed by atoms with van der Waals surface area (Å²) in [5, 5.41) is 3.50. The van der Waals surface area contributed by atoms with Crippen molar-refractivity contribution in [2.45, 2.75) is 19.4 Å². The van der Waals surface area contributed by atoms with Gasteiger partial charge in [0.1, 0.15) is 0 Å². The molecule has 1 rings (SSSR count). The Morgan fingerprint density at radius 1 is 1.18 bits per heavy atom. The van der Waals surface area contributed by atoms with Crippen LogP contribution in [0.5, 0.6) is 0 Å². The van der Waals surface area contributed by atoms with Crippen molar-refractivity contribution < 1.29 is 9.47 Å². The summed E-state index contributed by atoms with van der Waals surface area (Å²) in [6.45, 7) is 5.16. The van der Waals surface area contributed by atoms with Gasteiger partial charge in [0.2, 0.25) is 0 Å². The highest BCUT2D eigenvalue weighted by atomic mass is 16.5. The standard InChI is InChI=1S/C14H23NO2/c1-3-9-15-14(12-17-11-10-16-2)13-7-5-4-6-8-13/h4-8,14-15H,3,9-12H2,1-2H3. The fraction of sp³-hybridized carbons (Fsp3) is 0.571. The highest BCUT2D eigenvalue weighted by Gasteiger charge is 2.09. The molecule has 1 aromatic carbocycles. The molecule has 1 unspecified atom stereocenters. The summed E-state index contributed by atoms with van der Waals surface area (Å²) in [5.74, 6) is 0. The van der Waals surface area contributed by atoms with Crippen LogP contribution in [0.15, 0.2) is 30.3 Å². The van der Waals surface area contributed by atoms with E-state index >= 15 is 0 Å². The summed E-state index contributed by atoms with van der Waals surface area (Å²) in [5.41, 5.74) is 1.28. The van der Waals surface area contributed by atoms with Crippen molar-refractivity contribution in [2.75, 3.05) is 33.5 Å². The van der Waals surface area contributed by atoms with Gasteiger partial charge in [-0.3, -0.25) is 0 Å². The first-order valence-corrected chi connectivity index (χ1v) is 6.23. The highest BCUT2D eigenvalue weighted by molar-refractivity contribution is 5.18. The molecule has 3 heteroatoms. The lowest BCUT2D eigenvalue weighted by Crippen LogP contribution is -2.26. The van der Waals surface area contributed by atoms with Crippen molar-refractivity contribution >= 4 is 0 Å². The summed E-state index contributed by atoms with van der Waals surface area (Å²) < 4.78 is 10.6. The van der Waals surface area contributed by atoms with E-state index in [4.69, 9.17) is 9.47 Å². The second kappa shape index (κ2) is 9.16. The molecule has 0 bridgehead atoms. The quantitative estimate of drug-likeness (QED) is 0.669. The van der Waals surface area contributed by atoms with Gasteiger partial charge < -0.3 is 14.8 Å². The highest BCUT2D eigenvalue weighted by Crippen LogP contribution is 2.12. The Kier molecular flexibility index (Phi) is 7.63. The van der Waals surface area contributed by atoms with Gasteiger partial charge in [-0.05, 0) is 18.5 Å². The maximum Gasteiger partial charge on any atom is 0.0701 e. The van der Waals surface area contributed by atoms with E-state index in [-0.39, 0.29) is 6.04 Å². The van der Waals surface area contributed by atoms with Crippen LogP contribution in [0.3, 0.4) is 0 Å². The van der Waals surface area contributed by atoms with Crippen LogP contribution in [0.25, 0.3) is 0 Å². The SMILES string of the molecule is CCCNC(COCCOC)c1ccccc1. The van der Waals surface area contributed by atoms with Crippen molar-refractivity contribution in [2.24, 2.45) is 0 Å². The van der Waals surface area contributed by atoms with Gasteiger partial charge in [-0.1, -0.05) is 37.3 Å². The van der Waals surface area contributed by atoms with Crippen LogP contribution in [0, 0.1) is 0 Å². The fourth-order valence-electron chi connectivity index (χ4n) is 1.62. The topological polar surface area (TPSA) is 30.5 Å². The molecule has 17 heavy (non-hydrogen) atoms. The van der Waals surface area contributed by atoms with Crippen LogP contribution in [-0.2, 0) is 9.47 Å². The normalized spacial score (nSPS) is 12.6. The second-order valence-corrected chi connectivity index (χ2v) is 3.99. The number of rotatable bonds is 9. The average Bonchev–Trinajstić information content (AvgIpc) is 2.39. The van der Waals surface area contributed by atoms with Gasteiger partial charge in [0.25, 0.3) is 0 Å².